The Labute approximate surface area is 112 Å². The van der Waals surface area contributed by atoms with Gasteiger partial charge in [-0.15, -0.1) is 0 Å². The van der Waals surface area contributed by atoms with Crippen LogP contribution >= 0.6 is 0 Å². The second-order valence-corrected chi connectivity index (χ2v) is 5.50. The van der Waals surface area contributed by atoms with Crippen molar-refractivity contribution < 1.29 is 14.4 Å². The first-order valence-electron chi connectivity index (χ1n) is 6.92. The molecule has 0 spiro atoms. The fourth-order valence-corrected chi connectivity index (χ4v) is 2.80. The Hall–Kier alpha value is -1.59. The summed E-state index contributed by atoms with van der Waals surface area (Å²) in [5, 5.41) is 5.73. The lowest BCUT2D eigenvalue weighted by molar-refractivity contribution is -0.129. The molecule has 0 aromatic carbocycles. The maximum absolute atomic E-state index is 12.0. The lowest BCUT2D eigenvalue weighted by Crippen LogP contribution is -2.47. The first-order chi connectivity index (χ1) is 9.06. The van der Waals surface area contributed by atoms with Crippen molar-refractivity contribution in [3.8, 4) is 0 Å². The Balaban J connectivity index is 1.74. The highest BCUT2D eigenvalue weighted by Crippen LogP contribution is 2.24. The number of primary amides is 1. The van der Waals surface area contributed by atoms with Crippen LogP contribution in [0.15, 0.2) is 0 Å². The number of hydrogen-bond acceptors (Lipinski definition) is 3. The molecule has 1 aliphatic carbocycles. The van der Waals surface area contributed by atoms with E-state index < -0.39 is 0 Å². The molecular weight excluding hydrogens is 246 g/mol. The Morgan fingerprint density at radius 3 is 2.32 bits per heavy atom. The molecule has 19 heavy (non-hydrogen) atoms. The smallest absolute Gasteiger partial charge is 0.225 e. The standard InChI is InChI=1S/C13H21N3O3/c14-12(18)8-1-4-10(5-2-8)16-13(19)9-3-6-11(17)15-7-9/h8-10H,1-7H2,(H2,14,18)(H,15,17)(H,16,19). The van der Waals surface area contributed by atoms with E-state index in [0.29, 0.717) is 19.4 Å². The highest BCUT2D eigenvalue weighted by molar-refractivity contribution is 5.83. The minimum Gasteiger partial charge on any atom is -0.369 e. The number of piperidine rings is 1. The topological polar surface area (TPSA) is 101 Å². The van der Waals surface area contributed by atoms with E-state index in [4.69, 9.17) is 5.73 Å². The third-order valence-corrected chi connectivity index (χ3v) is 4.11. The summed E-state index contributed by atoms with van der Waals surface area (Å²) >= 11 is 0. The van der Waals surface area contributed by atoms with Crippen molar-refractivity contribution in [3.05, 3.63) is 0 Å². The van der Waals surface area contributed by atoms with Crippen LogP contribution in [0.25, 0.3) is 0 Å². The largest absolute Gasteiger partial charge is 0.369 e. The van der Waals surface area contributed by atoms with Gasteiger partial charge in [-0.1, -0.05) is 0 Å². The number of hydrogen-bond donors (Lipinski definition) is 3. The molecule has 0 bridgehead atoms. The minimum absolute atomic E-state index is 0.0162. The van der Waals surface area contributed by atoms with E-state index in [0.717, 1.165) is 25.7 Å². The Morgan fingerprint density at radius 2 is 1.79 bits per heavy atom. The van der Waals surface area contributed by atoms with Gasteiger partial charge in [-0.05, 0) is 32.1 Å². The van der Waals surface area contributed by atoms with Crippen LogP contribution in [0.3, 0.4) is 0 Å². The van der Waals surface area contributed by atoms with E-state index >= 15 is 0 Å². The first kappa shape index (κ1) is 13.8. The quantitative estimate of drug-likeness (QED) is 0.652. The monoisotopic (exact) mass is 267 g/mol. The van der Waals surface area contributed by atoms with Gasteiger partial charge in [0.25, 0.3) is 0 Å². The van der Waals surface area contributed by atoms with Gasteiger partial charge >= 0.3 is 0 Å². The van der Waals surface area contributed by atoms with Gasteiger partial charge in [-0.3, -0.25) is 14.4 Å². The van der Waals surface area contributed by atoms with E-state index in [9.17, 15) is 14.4 Å². The predicted molar refractivity (Wildman–Crippen MR) is 68.8 cm³/mol. The van der Waals surface area contributed by atoms with Gasteiger partial charge in [0.05, 0.1) is 5.92 Å². The van der Waals surface area contributed by atoms with Crippen LogP contribution in [0.4, 0.5) is 0 Å². The summed E-state index contributed by atoms with van der Waals surface area (Å²) in [6.07, 6.45) is 4.15. The van der Waals surface area contributed by atoms with Crippen LogP contribution in [0.2, 0.25) is 0 Å². The minimum atomic E-state index is -0.236. The zero-order valence-electron chi connectivity index (χ0n) is 11.0. The van der Waals surface area contributed by atoms with Gasteiger partial charge in [0.1, 0.15) is 0 Å². The zero-order valence-corrected chi connectivity index (χ0v) is 11.0. The second-order valence-electron chi connectivity index (χ2n) is 5.50. The molecule has 1 atom stereocenters. The van der Waals surface area contributed by atoms with Crippen LogP contribution in [-0.4, -0.2) is 30.3 Å². The van der Waals surface area contributed by atoms with Gasteiger partial charge in [0.15, 0.2) is 0 Å². The van der Waals surface area contributed by atoms with Crippen LogP contribution in [0.1, 0.15) is 38.5 Å². The molecule has 1 saturated carbocycles. The summed E-state index contributed by atoms with van der Waals surface area (Å²) in [5.74, 6) is -0.359. The average Bonchev–Trinajstić information content (AvgIpc) is 2.40. The Kier molecular flexibility index (Phi) is 4.39. The fraction of sp³-hybridized carbons (Fsp3) is 0.769. The highest BCUT2D eigenvalue weighted by Gasteiger charge is 2.29. The molecule has 106 valence electrons. The van der Waals surface area contributed by atoms with Gasteiger partial charge in [0, 0.05) is 24.9 Å². The van der Waals surface area contributed by atoms with Gasteiger partial charge in [-0.25, -0.2) is 0 Å². The number of carbonyl (C=O) groups excluding carboxylic acids is 3. The summed E-state index contributed by atoms with van der Waals surface area (Å²) < 4.78 is 0. The Morgan fingerprint density at radius 1 is 1.11 bits per heavy atom. The van der Waals surface area contributed by atoms with E-state index in [1.54, 1.807) is 0 Å². The predicted octanol–water partition coefficient (Wildman–Crippen LogP) is -0.327. The molecule has 1 unspecified atom stereocenters. The third kappa shape index (κ3) is 3.68. The molecule has 1 heterocycles. The summed E-state index contributed by atoms with van der Waals surface area (Å²) in [6.45, 7) is 0.432. The van der Waals surface area contributed by atoms with Gasteiger partial charge in [-0.2, -0.15) is 0 Å². The van der Waals surface area contributed by atoms with Crippen LogP contribution in [0, 0.1) is 11.8 Å². The maximum Gasteiger partial charge on any atom is 0.225 e. The van der Waals surface area contributed by atoms with E-state index in [2.05, 4.69) is 10.6 Å². The molecule has 2 fully saturated rings. The van der Waals surface area contributed by atoms with E-state index in [1.807, 2.05) is 0 Å². The summed E-state index contributed by atoms with van der Waals surface area (Å²) in [4.78, 5) is 34.1. The van der Waals surface area contributed by atoms with E-state index in [1.165, 1.54) is 0 Å². The van der Waals surface area contributed by atoms with Gasteiger partial charge < -0.3 is 16.4 Å². The van der Waals surface area contributed by atoms with Crippen molar-refractivity contribution in [2.75, 3.05) is 6.54 Å². The Bertz CT molecular complexity index is 365. The summed E-state index contributed by atoms with van der Waals surface area (Å²) in [6, 6.07) is 0.140. The molecule has 3 amide bonds. The SMILES string of the molecule is NC(=O)C1CCC(NC(=O)C2CCC(=O)NC2)CC1. The van der Waals surface area contributed by atoms with Crippen LogP contribution in [-0.2, 0) is 14.4 Å². The molecule has 6 nitrogen and oxygen atoms in total. The van der Waals surface area contributed by atoms with E-state index in [-0.39, 0.29) is 35.6 Å². The first-order valence-corrected chi connectivity index (χ1v) is 6.92. The molecule has 0 radical (unpaired) electrons. The summed E-state index contributed by atoms with van der Waals surface area (Å²) in [7, 11) is 0. The van der Waals surface area contributed by atoms with Crippen LogP contribution < -0.4 is 16.4 Å². The number of nitrogens with two attached hydrogens (primary N) is 1. The number of rotatable bonds is 3. The van der Waals surface area contributed by atoms with Crippen molar-refractivity contribution in [2.45, 2.75) is 44.6 Å². The van der Waals surface area contributed by atoms with Crippen molar-refractivity contribution in [3.63, 3.8) is 0 Å². The average molecular weight is 267 g/mol. The number of nitrogens with one attached hydrogen (secondary N) is 2. The molecule has 2 aliphatic rings. The van der Waals surface area contributed by atoms with Crippen molar-refractivity contribution in [1.82, 2.24) is 10.6 Å². The van der Waals surface area contributed by atoms with Gasteiger partial charge in [0.2, 0.25) is 17.7 Å². The molecule has 0 aromatic heterocycles. The molecule has 6 heteroatoms. The third-order valence-electron chi connectivity index (χ3n) is 4.11. The maximum atomic E-state index is 12.0. The molecule has 1 saturated heterocycles. The molecule has 4 N–H and O–H groups in total. The second kappa shape index (κ2) is 6.04. The lowest BCUT2D eigenvalue weighted by atomic mass is 9.85. The molecule has 1 aliphatic heterocycles. The lowest BCUT2D eigenvalue weighted by Gasteiger charge is -2.29. The fourth-order valence-electron chi connectivity index (χ4n) is 2.80. The molecule has 0 aromatic rings. The molecule has 2 rings (SSSR count). The zero-order chi connectivity index (χ0) is 13.8. The van der Waals surface area contributed by atoms with Crippen LogP contribution in [0.5, 0.6) is 0 Å². The van der Waals surface area contributed by atoms with Crippen molar-refractivity contribution in [2.24, 2.45) is 17.6 Å². The van der Waals surface area contributed by atoms with Crippen molar-refractivity contribution >= 4 is 17.7 Å². The number of carbonyl (C=O) groups is 3. The highest BCUT2D eigenvalue weighted by atomic mass is 16.2. The number of amides is 3. The summed E-state index contributed by atoms with van der Waals surface area (Å²) in [5.41, 5.74) is 5.28. The van der Waals surface area contributed by atoms with Crippen molar-refractivity contribution in [1.29, 1.82) is 0 Å². The molecular formula is C13H21N3O3. The normalized spacial score (nSPS) is 31.4.